The monoisotopic (exact) mass is 207 g/mol. The minimum Gasteiger partial charge on any atom is -0.494 e. The lowest BCUT2D eigenvalue weighted by molar-refractivity contribution is 0.340. The first-order valence-electron chi connectivity index (χ1n) is 5.02. The Bertz CT molecular complexity index is 308. The van der Waals surface area contributed by atoms with E-state index in [-0.39, 0.29) is 5.96 Å². The van der Waals surface area contributed by atoms with Crippen LogP contribution in [0.5, 0.6) is 5.75 Å². The molecule has 4 heteroatoms. The van der Waals surface area contributed by atoms with Crippen LogP contribution in [0.3, 0.4) is 0 Å². The minimum atomic E-state index is 0.0148. The van der Waals surface area contributed by atoms with E-state index in [1.54, 1.807) is 0 Å². The van der Waals surface area contributed by atoms with Crippen LogP contribution in [0.2, 0.25) is 0 Å². The average molecular weight is 207 g/mol. The van der Waals surface area contributed by atoms with Crippen molar-refractivity contribution in [2.45, 2.75) is 13.3 Å². The van der Waals surface area contributed by atoms with Crippen molar-refractivity contribution in [3.8, 4) is 5.75 Å². The van der Waals surface area contributed by atoms with Crippen molar-refractivity contribution in [1.29, 1.82) is 5.41 Å². The van der Waals surface area contributed by atoms with Gasteiger partial charge in [-0.2, -0.15) is 0 Å². The Balaban J connectivity index is 2.39. The SMILES string of the molecule is CCOc1ccc(CCNC(=N)N)cc1. The van der Waals surface area contributed by atoms with Gasteiger partial charge in [0.2, 0.25) is 0 Å². The summed E-state index contributed by atoms with van der Waals surface area (Å²) in [6.45, 7) is 3.33. The van der Waals surface area contributed by atoms with Crippen molar-refractivity contribution in [2.75, 3.05) is 13.2 Å². The van der Waals surface area contributed by atoms with E-state index >= 15 is 0 Å². The van der Waals surface area contributed by atoms with E-state index in [0.717, 1.165) is 12.2 Å². The summed E-state index contributed by atoms with van der Waals surface area (Å²) in [5, 5.41) is 9.76. The first kappa shape index (κ1) is 11.4. The van der Waals surface area contributed by atoms with Gasteiger partial charge in [0.05, 0.1) is 6.61 Å². The quantitative estimate of drug-likeness (QED) is 0.500. The molecule has 15 heavy (non-hydrogen) atoms. The summed E-state index contributed by atoms with van der Waals surface area (Å²) in [6, 6.07) is 7.94. The number of nitrogens with two attached hydrogens (primary N) is 1. The zero-order valence-electron chi connectivity index (χ0n) is 8.92. The molecule has 4 N–H and O–H groups in total. The van der Waals surface area contributed by atoms with Gasteiger partial charge in [-0.3, -0.25) is 5.41 Å². The van der Waals surface area contributed by atoms with Gasteiger partial charge in [0.1, 0.15) is 5.75 Å². The van der Waals surface area contributed by atoms with Gasteiger partial charge in [-0.25, -0.2) is 0 Å². The summed E-state index contributed by atoms with van der Waals surface area (Å²) < 4.78 is 5.33. The second kappa shape index (κ2) is 5.90. The Morgan fingerprint density at radius 2 is 2.07 bits per heavy atom. The fourth-order valence-electron chi connectivity index (χ4n) is 1.26. The number of hydrogen-bond acceptors (Lipinski definition) is 2. The molecule has 0 amide bonds. The lowest BCUT2D eigenvalue weighted by atomic mass is 10.1. The van der Waals surface area contributed by atoms with Crippen LogP contribution < -0.4 is 15.8 Å². The predicted octanol–water partition coefficient (Wildman–Crippen LogP) is 1.11. The molecule has 1 aromatic rings. The van der Waals surface area contributed by atoms with Crippen LogP contribution in [-0.4, -0.2) is 19.1 Å². The highest BCUT2D eigenvalue weighted by Crippen LogP contribution is 2.11. The number of ether oxygens (including phenoxy) is 1. The van der Waals surface area contributed by atoms with Gasteiger partial charge in [-0.1, -0.05) is 12.1 Å². The number of guanidine groups is 1. The topological polar surface area (TPSA) is 71.1 Å². The number of hydrogen-bond donors (Lipinski definition) is 3. The molecule has 4 nitrogen and oxygen atoms in total. The van der Waals surface area contributed by atoms with Gasteiger partial charge in [0, 0.05) is 6.54 Å². The molecule has 0 radical (unpaired) electrons. The van der Waals surface area contributed by atoms with E-state index in [1.807, 2.05) is 31.2 Å². The molecule has 82 valence electrons. The lowest BCUT2D eigenvalue weighted by Gasteiger charge is -2.05. The van der Waals surface area contributed by atoms with Crippen molar-refractivity contribution in [3.05, 3.63) is 29.8 Å². The third-order valence-electron chi connectivity index (χ3n) is 1.96. The normalized spacial score (nSPS) is 9.67. The van der Waals surface area contributed by atoms with Gasteiger partial charge in [-0.15, -0.1) is 0 Å². The maximum Gasteiger partial charge on any atom is 0.185 e. The largest absolute Gasteiger partial charge is 0.494 e. The third kappa shape index (κ3) is 4.35. The molecule has 0 aliphatic rings. The van der Waals surface area contributed by atoms with Gasteiger partial charge in [-0.05, 0) is 31.0 Å². The van der Waals surface area contributed by atoms with Crippen molar-refractivity contribution in [1.82, 2.24) is 5.32 Å². The molecule has 0 aliphatic carbocycles. The lowest BCUT2D eigenvalue weighted by Crippen LogP contribution is -2.31. The maximum atomic E-state index is 7.00. The number of rotatable bonds is 5. The minimum absolute atomic E-state index is 0.0148. The Hall–Kier alpha value is -1.71. The molecule has 0 atom stereocenters. The van der Waals surface area contributed by atoms with Crippen LogP contribution >= 0.6 is 0 Å². The second-order valence-corrected chi connectivity index (χ2v) is 3.17. The Kier molecular flexibility index (Phi) is 4.47. The maximum absolute atomic E-state index is 7.00. The molecule has 0 saturated carbocycles. The molecule has 0 fully saturated rings. The molecular weight excluding hydrogens is 190 g/mol. The Labute approximate surface area is 89.9 Å². The van der Waals surface area contributed by atoms with Crippen molar-refractivity contribution in [2.24, 2.45) is 5.73 Å². The second-order valence-electron chi connectivity index (χ2n) is 3.17. The van der Waals surface area contributed by atoms with E-state index in [9.17, 15) is 0 Å². The fourth-order valence-corrected chi connectivity index (χ4v) is 1.26. The standard InChI is InChI=1S/C11H17N3O/c1-2-15-10-5-3-9(4-6-10)7-8-14-11(12)13/h3-6H,2,7-8H2,1H3,(H4,12,13,14). The van der Waals surface area contributed by atoms with E-state index in [1.165, 1.54) is 5.56 Å². The zero-order chi connectivity index (χ0) is 11.1. The molecule has 0 spiro atoms. The molecule has 1 aromatic carbocycles. The van der Waals surface area contributed by atoms with Crippen LogP contribution in [0, 0.1) is 5.41 Å². The number of nitrogens with one attached hydrogen (secondary N) is 2. The molecular formula is C11H17N3O. The van der Waals surface area contributed by atoms with Crippen molar-refractivity contribution in [3.63, 3.8) is 0 Å². The predicted molar refractivity (Wildman–Crippen MR) is 61.2 cm³/mol. The molecule has 0 bridgehead atoms. The highest BCUT2D eigenvalue weighted by Gasteiger charge is 1.95. The highest BCUT2D eigenvalue weighted by molar-refractivity contribution is 5.74. The van der Waals surface area contributed by atoms with E-state index in [4.69, 9.17) is 15.9 Å². The van der Waals surface area contributed by atoms with Crippen LogP contribution in [0.25, 0.3) is 0 Å². The van der Waals surface area contributed by atoms with Gasteiger partial charge in [0.25, 0.3) is 0 Å². The summed E-state index contributed by atoms with van der Waals surface area (Å²) in [6.07, 6.45) is 0.853. The van der Waals surface area contributed by atoms with Crippen LogP contribution in [0.15, 0.2) is 24.3 Å². The molecule has 0 aromatic heterocycles. The van der Waals surface area contributed by atoms with Gasteiger partial charge < -0.3 is 15.8 Å². The van der Waals surface area contributed by atoms with Crippen molar-refractivity contribution >= 4 is 5.96 Å². The van der Waals surface area contributed by atoms with E-state index in [0.29, 0.717) is 13.2 Å². The third-order valence-corrected chi connectivity index (χ3v) is 1.96. The first-order valence-corrected chi connectivity index (χ1v) is 5.02. The molecule has 0 unspecified atom stereocenters. The van der Waals surface area contributed by atoms with Crippen LogP contribution in [0.1, 0.15) is 12.5 Å². The van der Waals surface area contributed by atoms with Gasteiger partial charge >= 0.3 is 0 Å². The Morgan fingerprint density at radius 1 is 1.40 bits per heavy atom. The fraction of sp³-hybridized carbons (Fsp3) is 0.364. The summed E-state index contributed by atoms with van der Waals surface area (Å²) in [5.74, 6) is 0.904. The Morgan fingerprint density at radius 3 is 2.60 bits per heavy atom. The summed E-state index contributed by atoms with van der Waals surface area (Å²) >= 11 is 0. The van der Waals surface area contributed by atoms with Crippen LogP contribution in [-0.2, 0) is 6.42 Å². The smallest absolute Gasteiger partial charge is 0.185 e. The van der Waals surface area contributed by atoms with Crippen molar-refractivity contribution < 1.29 is 4.74 Å². The summed E-state index contributed by atoms with van der Waals surface area (Å²) in [5.41, 5.74) is 6.37. The summed E-state index contributed by atoms with van der Waals surface area (Å²) in [4.78, 5) is 0. The van der Waals surface area contributed by atoms with E-state index in [2.05, 4.69) is 5.32 Å². The molecule has 0 saturated heterocycles. The van der Waals surface area contributed by atoms with Gasteiger partial charge in [0.15, 0.2) is 5.96 Å². The van der Waals surface area contributed by atoms with E-state index < -0.39 is 0 Å². The zero-order valence-corrected chi connectivity index (χ0v) is 8.92. The molecule has 1 rings (SSSR count). The molecule has 0 heterocycles. The van der Waals surface area contributed by atoms with Crippen LogP contribution in [0.4, 0.5) is 0 Å². The average Bonchev–Trinajstić information content (AvgIpc) is 2.20. The highest BCUT2D eigenvalue weighted by atomic mass is 16.5. The first-order chi connectivity index (χ1) is 7.22. The molecule has 0 aliphatic heterocycles. The number of benzene rings is 1. The summed E-state index contributed by atoms with van der Waals surface area (Å²) in [7, 11) is 0.